The molecule has 0 aromatic heterocycles. The summed E-state index contributed by atoms with van der Waals surface area (Å²) in [6.45, 7) is 0. The monoisotopic (exact) mass is 242 g/mol. The van der Waals surface area contributed by atoms with Gasteiger partial charge in [-0.1, -0.05) is 0 Å². The van der Waals surface area contributed by atoms with Crippen molar-refractivity contribution in [2.75, 3.05) is 14.2 Å². The molecule has 96 valence electrons. The number of nitrogens with two attached hydrogens (primary N) is 2. The maximum Gasteiger partial charge on any atom is 0.325 e. The van der Waals surface area contributed by atoms with Crippen molar-refractivity contribution in [3.05, 3.63) is 0 Å². The molecule has 17 heavy (non-hydrogen) atoms. The number of ether oxygens (including phenoxy) is 2. The predicted octanol–water partition coefficient (Wildman–Crippen LogP) is -0.699. The van der Waals surface area contributed by atoms with E-state index in [1.54, 1.807) is 0 Å². The van der Waals surface area contributed by atoms with Crippen molar-refractivity contribution in [3.8, 4) is 0 Å². The third-order valence-electron chi connectivity index (χ3n) is 3.95. The predicted molar refractivity (Wildman–Crippen MR) is 58.8 cm³/mol. The highest BCUT2D eigenvalue weighted by atomic mass is 16.5. The van der Waals surface area contributed by atoms with Crippen molar-refractivity contribution in [1.82, 2.24) is 0 Å². The molecule has 1 spiro atoms. The van der Waals surface area contributed by atoms with Crippen LogP contribution >= 0.6 is 0 Å². The molecular formula is C11H18N2O4. The Bertz CT molecular complexity index is 328. The molecule has 0 aromatic rings. The fraction of sp³-hybridized carbons (Fsp3) is 0.818. The van der Waals surface area contributed by atoms with Gasteiger partial charge in [0.15, 0.2) is 0 Å². The molecule has 0 saturated heterocycles. The van der Waals surface area contributed by atoms with Crippen LogP contribution in [0.15, 0.2) is 0 Å². The van der Waals surface area contributed by atoms with Gasteiger partial charge in [0.2, 0.25) is 0 Å². The average molecular weight is 242 g/mol. The fourth-order valence-corrected chi connectivity index (χ4v) is 3.52. The molecule has 0 aliphatic heterocycles. The first-order chi connectivity index (χ1) is 7.79. The van der Waals surface area contributed by atoms with Crippen LogP contribution in [-0.2, 0) is 19.1 Å². The second-order valence-electron chi connectivity index (χ2n) is 5.50. The summed E-state index contributed by atoms with van der Waals surface area (Å²) in [4.78, 5) is 22.8. The lowest BCUT2D eigenvalue weighted by Gasteiger charge is -2.63. The average Bonchev–Trinajstić information content (AvgIpc) is 2.22. The van der Waals surface area contributed by atoms with Crippen LogP contribution in [0, 0.1) is 5.41 Å². The molecule has 2 saturated carbocycles. The van der Waals surface area contributed by atoms with Crippen molar-refractivity contribution >= 4 is 11.9 Å². The van der Waals surface area contributed by atoms with Gasteiger partial charge < -0.3 is 20.9 Å². The van der Waals surface area contributed by atoms with Crippen LogP contribution in [0.1, 0.15) is 25.7 Å². The summed E-state index contributed by atoms with van der Waals surface area (Å²) in [5.41, 5.74) is 9.94. The van der Waals surface area contributed by atoms with E-state index in [0.717, 1.165) is 0 Å². The molecule has 0 aromatic carbocycles. The minimum absolute atomic E-state index is 0.0775. The topological polar surface area (TPSA) is 105 Å². The molecule has 4 N–H and O–H groups in total. The SMILES string of the molecule is COC(=O)C1(N)CC2(C1)CC(N)(C(=O)OC)C2. The molecule has 6 heteroatoms. The van der Waals surface area contributed by atoms with Gasteiger partial charge in [-0.3, -0.25) is 9.59 Å². The van der Waals surface area contributed by atoms with E-state index in [1.165, 1.54) is 14.2 Å². The van der Waals surface area contributed by atoms with Gasteiger partial charge >= 0.3 is 11.9 Å². The zero-order valence-corrected chi connectivity index (χ0v) is 10.1. The normalized spacial score (nSPS) is 43.5. The van der Waals surface area contributed by atoms with Crippen LogP contribution in [0.2, 0.25) is 0 Å². The number of rotatable bonds is 2. The largest absolute Gasteiger partial charge is 0.468 e. The van der Waals surface area contributed by atoms with Crippen LogP contribution in [-0.4, -0.2) is 37.2 Å². The highest BCUT2D eigenvalue weighted by Gasteiger charge is 2.68. The van der Waals surface area contributed by atoms with Gasteiger partial charge in [0.25, 0.3) is 0 Å². The minimum Gasteiger partial charge on any atom is -0.468 e. The van der Waals surface area contributed by atoms with Crippen molar-refractivity contribution in [1.29, 1.82) is 0 Å². The van der Waals surface area contributed by atoms with Crippen molar-refractivity contribution in [3.63, 3.8) is 0 Å². The van der Waals surface area contributed by atoms with Gasteiger partial charge in [-0.2, -0.15) is 0 Å². The first kappa shape index (κ1) is 12.3. The van der Waals surface area contributed by atoms with E-state index in [1.807, 2.05) is 0 Å². The molecular weight excluding hydrogens is 224 g/mol. The third-order valence-corrected chi connectivity index (χ3v) is 3.95. The highest BCUT2D eigenvalue weighted by molar-refractivity contribution is 5.85. The molecule has 0 bridgehead atoms. The number of esters is 2. The fourth-order valence-electron chi connectivity index (χ4n) is 3.52. The molecule has 2 rings (SSSR count). The first-order valence-corrected chi connectivity index (χ1v) is 5.54. The smallest absolute Gasteiger partial charge is 0.325 e. The molecule has 0 heterocycles. The summed E-state index contributed by atoms with van der Waals surface area (Å²) in [7, 11) is 2.65. The second-order valence-corrected chi connectivity index (χ2v) is 5.50. The van der Waals surface area contributed by atoms with Gasteiger partial charge in [0, 0.05) is 0 Å². The number of carbonyl (C=O) groups is 2. The Kier molecular flexibility index (Phi) is 2.48. The lowest BCUT2D eigenvalue weighted by Crippen LogP contribution is -2.74. The number of carbonyl (C=O) groups excluding carboxylic acids is 2. The van der Waals surface area contributed by atoms with E-state index in [-0.39, 0.29) is 5.41 Å². The summed E-state index contributed by atoms with van der Waals surface area (Å²) < 4.78 is 9.31. The van der Waals surface area contributed by atoms with Crippen LogP contribution in [0.3, 0.4) is 0 Å². The van der Waals surface area contributed by atoms with Crippen LogP contribution in [0.4, 0.5) is 0 Å². The lowest BCUT2D eigenvalue weighted by atomic mass is 9.43. The Balaban J connectivity index is 1.94. The molecule has 0 radical (unpaired) electrons. The zero-order chi connectivity index (χ0) is 12.9. The van der Waals surface area contributed by atoms with Crippen LogP contribution in [0.5, 0.6) is 0 Å². The van der Waals surface area contributed by atoms with Crippen molar-refractivity contribution < 1.29 is 19.1 Å². The summed E-state index contributed by atoms with van der Waals surface area (Å²) >= 11 is 0. The maximum absolute atomic E-state index is 11.4. The number of methoxy groups -OCH3 is 2. The van der Waals surface area contributed by atoms with E-state index < -0.39 is 23.0 Å². The molecule has 6 nitrogen and oxygen atoms in total. The van der Waals surface area contributed by atoms with Gasteiger partial charge in [0.1, 0.15) is 11.1 Å². The molecule has 0 atom stereocenters. The van der Waals surface area contributed by atoms with Gasteiger partial charge in [-0.25, -0.2) is 0 Å². The Morgan fingerprint density at radius 2 is 1.18 bits per heavy atom. The van der Waals surface area contributed by atoms with Crippen molar-refractivity contribution in [2.24, 2.45) is 16.9 Å². The molecule has 2 aliphatic rings. The zero-order valence-electron chi connectivity index (χ0n) is 10.1. The molecule has 0 amide bonds. The molecule has 2 aliphatic carbocycles. The van der Waals surface area contributed by atoms with Gasteiger partial charge in [-0.15, -0.1) is 0 Å². The first-order valence-electron chi connectivity index (χ1n) is 5.54. The summed E-state index contributed by atoms with van der Waals surface area (Å²) in [5.74, 6) is -0.786. The van der Waals surface area contributed by atoms with E-state index >= 15 is 0 Å². The Morgan fingerprint density at radius 1 is 0.882 bits per heavy atom. The maximum atomic E-state index is 11.4. The molecule has 2 fully saturated rings. The van der Waals surface area contributed by atoms with Crippen LogP contribution in [0.25, 0.3) is 0 Å². The lowest BCUT2D eigenvalue weighted by molar-refractivity contribution is -0.178. The molecule has 0 unspecified atom stereocenters. The standard InChI is InChI=1S/C11H18N2O4/c1-16-7(14)10(12)3-9(4-10)5-11(13,6-9)8(15)17-2/h3-6,12-13H2,1-2H3. The number of hydrogen-bond acceptors (Lipinski definition) is 6. The quantitative estimate of drug-likeness (QED) is 0.620. The Labute approximate surface area is 99.6 Å². The second kappa shape index (κ2) is 3.43. The Morgan fingerprint density at radius 3 is 1.41 bits per heavy atom. The summed E-state index contributed by atoms with van der Waals surface area (Å²) in [6.07, 6.45) is 2.12. The van der Waals surface area contributed by atoms with E-state index in [2.05, 4.69) is 9.47 Å². The van der Waals surface area contributed by atoms with E-state index in [9.17, 15) is 9.59 Å². The number of hydrogen-bond donors (Lipinski definition) is 2. The van der Waals surface area contributed by atoms with Gasteiger partial charge in [-0.05, 0) is 31.1 Å². The van der Waals surface area contributed by atoms with Gasteiger partial charge in [0.05, 0.1) is 14.2 Å². The minimum atomic E-state index is -0.897. The third kappa shape index (κ3) is 1.63. The Hall–Kier alpha value is -1.14. The van der Waals surface area contributed by atoms with Crippen molar-refractivity contribution in [2.45, 2.75) is 36.8 Å². The summed E-state index contributed by atoms with van der Waals surface area (Å²) in [5, 5.41) is 0. The van der Waals surface area contributed by atoms with E-state index in [4.69, 9.17) is 11.5 Å². The van der Waals surface area contributed by atoms with Crippen LogP contribution < -0.4 is 11.5 Å². The van der Waals surface area contributed by atoms with E-state index in [0.29, 0.717) is 25.7 Å². The highest BCUT2D eigenvalue weighted by Crippen LogP contribution is 2.63. The summed E-state index contributed by atoms with van der Waals surface area (Å²) in [6, 6.07) is 0.